The van der Waals surface area contributed by atoms with Gasteiger partial charge in [-0.2, -0.15) is 5.10 Å². The number of benzene rings is 2. The van der Waals surface area contributed by atoms with Crippen LogP contribution in [0.3, 0.4) is 0 Å². The highest BCUT2D eigenvalue weighted by atomic mass is 16.5. The number of hydrazone groups is 1. The van der Waals surface area contributed by atoms with Gasteiger partial charge in [-0.25, -0.2) is 5.43 Å². The van der Waals surface area contributed by atoms with Crippen molar-refractivity contribution in [3.63, 3.8) is 0 Å². The van der Waals surface area contributed by atoms with Gasteiger partial charge in [0.1, 0.15) is 17.5 Å². The number of rotatable bonds is 10. The summed E-state index contributed by atoms with van der Waals surface area (Å²) in [6.45, 7) is 9.61. The molecule has 0 aromatic heterocycles. The van der Waals surface area contributed by atoms with Gasteiger partial charge in [-0.15, -0.1) is 0 Å². The van der Waals surface area contributed by atoms with Crippen molar-refractivity contribution in [3.8, 4) is 11.5 Å². The maximum Gasteiger partial charge on any atom is 0.262 e. The third-order valence-electron chi connectivity index (χ3n) is 4.97. The first kappa shape index (κ1) is 24.9. The lowest BCUT2D eigenvalue weighted by atomic mass is 10.0. The highest BCUT2D eigenvalue weighted by Crippen LogP contribution is 2.22. The van der Waals surface area contributed by atoms with Crippen molar-refractivity contribution >= 4 is 18.0 Å². The largest absolute Gasteiger partial charge is 0.497 e. The van der Waals surface area contributed by atoms with E-state index in [-0.39, 0.29) is 24.3 Å². The van der Waals surface area contributed by atoms with Crippen molar-refractivity contribution in [1.82, 2.24) is 10.7 Å². The summed E-state index contributed by atoms with van der Waals surface area (Å²) in [7, 11) is 1.61. The van der Waals surface area contributed by atoms with Crippen LogP contribution < -0.4 is 20.2 Å². The molecular weight excluding hydrogens is 406 g/mol. The van der Waals surface area contributed by atoms with Gasteiger partial charge >= 0.3 is 0 Å². The lowest BCUT2D eigenvalue weighted by molar-refractivity contribution is -0.130. The first-order valence-electron chi connectivity index (χ1n) is 10.7. The standard InChI is InChI=1S/C25H33N3O4/c1-16(2)12-22(27-23(29)15-32-24-17(3)8-7-9-18(24)4)25(30)28-26-14-20-10-11-21(31-6)13-19(20)5/h7-11,13-14,16,22H,12,15H2,1-6H3,(H,27,29)(H,28,30)/b26-14-/t22-/m1/s1. The normalized spacial score (nSPS) is 12.0. The fourth-order valence-corrected chi connectivity index (χ4v) is 3.27. The summed E-state index contributed by atoms with van der Waals surface area (Å²) in [5, 5.41) is 6.83. The quantitative estimate of drug-likeness (QED) is 0.437. The lowest BCUT2D eigenvalue weighted by Gasteiger charge is -2.19. The van der Waals surface area contributed by atoms with Gasteiger partial charge in [0.05, 0.1) is 13.3 Å². The number of carbonyl (C=O) groups is 2. The van der Waals surface area contributed by atoms with Gasteiger partial charge in [-0.05, 0) is 73.6 Å². The number of para-hydroxylation sites is 1. The van der Waals surface area contributed by atoms with E-state index < -0.39 is 6.04 Å². The Morgan fingerprint density at radius 1 is 1.06 bits per heavy atom. The molecule has 0 aliphatic carbocycles. The third kappa shape index (κ3) is 7.41. The average Bonchev–Trinajstić information content (AvgIpc) is 2.73. The molecule has 0 aliphatic rings. The molecule has 2 aromatic carbocycles. The molecule has 0 bridgehead atoms. The number of aryl methyl sites for hydroxylation is 3. The second kappa shape index (κ2) is 11.9. The first-order valence-corrected chi connectivity index (χ1v) is 10.7. The molecule has 2 aromatic rings. The van der Waals surface area contributed by atoms with Gasteiger partial charge in [-0.1, -0.05) is 32.0 Å². The fraction of sp³-hybridized carbons (Fsp3) is 0.400. The predicted molar refractivity (Wildman–Crippen MR) is 126 cm³/mol. The molecule has 2 rings (SSSR count). The third-order valence-corrected chi connectivity index (χ3v) is 4.97. The number of ether oxygens (including phenoxy) is 2. The SMILES string of the molecule is COc1ccc(/C=N\NC(=O)[C@@H](CC(C)C)NC(=O)COc2c(C)cccc2C)c(C)c1. The van der Waals surface area contributed by atoms with E-state index in [1.807, 2.05) is 71.0 Å². The lowest BCUT2D eigenvalue weighted by Crippen LogP contribution is -2.47. The van der Waals surface area contributed by atoms with Gasteiger partial charge < -0.3 is 14.8 Å². The van der Waals surface area contributed by atoms with Crippen molar-refractivity contribution in [3.05, 3.63) is 58.7 Å². The molecule has 2 N–H and O–H groups in total. The molecule has 0 heterocycles. The zero-order valence-electron chi connectivity index (χ0n) is 19.7. The van der Waals surface area contributed by atoms with E-state index in [9.17, 15) is 9.59 Å². The Hall–Kier alpha value is -3.35. The summed E-state index contributed by atoms with van der Waals surface area (Å²) in [6, 6.07) is 10.7. The van der Waals surface area contributed by atoms with E-state index in [2.05, 4.69) is 15.8 Å². The minimum Gasteiger partial charge on any atom is -0.497 e. The fourth-order valence-electron chi connectivity index (χ4n) is 3.27. The number of hydrogen-bond acceptors (Lipinski definition) is 5. The highest BCUT2D eigenvalue weighted by Gasteiger charge is 2.22. The molecule has 172 valence electrons. The Bertz CT molecular complexity index is 949. The van der Waals surface area contributed by atoms with Crippen LogP contribution in [0.5, 0.6) is 11.5 Å². The van der Waals surface area contributed by atoms with Gasteiger partial charge in [-0.3, -0.25) is 9.59 Å². The van der Waals surface area contributed by atoms with E-state index in [4.69, 9.17) is 9.47 Å². The first-order chi connectivity index (χ1) is 15.2. The van der Waals surface area contributed by atoms with Gasteiger partial charge in [0.15, 0.2) is 6.61 Å². The Balaban J connectivity index is 1.97. The van der Waals surface area contributed by atoms with E-state index in [0.717, 1.165) is 28.0 Å². The molecule has 0 aliphatic heterocycles. The van der Waals surface area contributed by atoms with Gasteiger partial charge in [0.25, 0.3) is 11.8 Å². The van der Waals surface area contributed by atoms with Crippen LogP contribution in [0.4, 0.5) is 0 Å². The van der Waals surface area contributed by atoms with Crippen molar-refractivity contribution in [1.29, 1.82) is 0 Å². The summed E-state index contributed by atoms with van der Waals surface area (Å²) in [6.07, 6.45) is 2.06. The number of nitrogens with zero attached hydrogens (tertiary/aromatic N) is 1. The summed E-state index contributed by atoms with van der Waals surface area (Å²) in [5.41, 5.74) is 6.27. The Labute approximate surface area is 190 Å². The molecule has 7 heteroatoms. The molecule has 0 fully saturated rings. The molecule has 0 saturated carbocycles. The molecule has 0 saturated heterocycles. The average molecular weight is 440 g/mol. The van der Waals surface area contributed by atoms with Crippen molar-refractivity contribution in [2.45, 2.75) is 47.1 Å². The Morgan fingerprint density at radius 2 is 1.75 bits per heavy atom. The van der Waals surface area contributed by atoms with Crippen LogP contribution in [0, 0.1) is 26.7 Å². The molecule has 1 atom stereocenters. The van der Waals surface area contributed by atoms with Crippen LogP contribution in [0.1, 0.15) is 42.5 Å². The maximum absolute atomic E-state index is 12.7. The Morgan fingerprint density at radius 3 is 2.34 bits per heavy atom. The van der Waals surface area contributed by atoms with Crippen molar-refractivity contribution in [2.24, 2.45) is 11.0 Å². The van der Waals surface area contributed by atoms with E-state index in [1.165, 1.54) is 0 Å². The molecule has 0 spiro atoms. The van der Waals surface area contributed by atoms with Crippen molar-refractivity contribution in [2.75, 3.05) is 13.7 Å². The zero-order valence-corrected chi connectivity index (χ0v) is 19.7. The molecule has 32 heavy (non-hydrogen) atoms. The van der Waals surface area contributed by atoms with E-state index in [0.29, 0.717) is 12.2 Å². The highest BCUT2D eigenvalue weighted by molar-refractivity contribution is 5.89. The van der Waals surface area contributed by atoms with Crippen LogP contribution in [0.15, 0.2) is 41.5 Å². The second-order valence-electron chi connectivity index (χ2n) is 8.22. The number of hydrogen-bond donors (Lipinski definition) is 2. The van der Waals surface area contributed by atoms with E-state index in [1.54, 1.807) is 13.3 Å². The van der Waals surface area contributed by atoms with Gasteiger partial charge in [0.2, 0.25) is 0 Å². The Kier molecular flexibility index (Phi) is 9.25. The second-order valence-corrected chi connectivity index (χ2v) is 8.22. The van der Waals surface area contributed by atoms with Gasteiger partial charge in [0, 0.05) is 0 Å². The van der Waals surface area contributed by atoms with E-state index >= 15 is 0 Å². The molecule has 2 amide bonds. The summed E-state index contributed by atoms with van der Waals surface area (Å²) in [4.78, 5) is 25.1. The van der Waals surface area contributed by atoms with Crippen LogP contribution in [-0.4, -0.2) is 37.8 Å². The predicted octanol–water partition coefficient (Wildman–Crippen LogP) is 3.68. The summed E-state index contributed by atoms with van der Waals surface area (Å²) in [5.74, 6) is 0.918. The zero-order chi connectivity index (χ0) is 23.7. The number of nitrogens with one attached hydrogen (secondary N) is 2. The smallest absolute Gasteiger partial charge is 0.262 e. The summed E-state index contributed by atoms with van der Waals surface area (Å²) < 4.78 is 10.9. The monoisotopic (exact) mass is 439 g/mol. The topological polar surface area (TPSA) is 89.0 Å². The maximum atomic E-state index is 12.7. The van der Waals surface area contributed by atoms with Crippen LogP contribution >= 0.6 is 0 Å². The van der Waals surface area contributed by atoms with Crippen LogP contribution in [-0.2, 0) is 9.59 Å². The molecule has 0 radical (unpaired) electrons. The minimum absolute atomic E-state index is 0.165. The number of carbonyl (C=O) groups excluding carboxylic acids is 2. The number of amides is 2. The molecule has 7 nitrogen and oxygen atoms in total. The number of methoxy groups -OCH3 is 1. The van der Waals surface area contributed by atoms with Crippen LogP contribution in [0.2, 0.25) is 0 Å². The molecule has 0 unspecified atom stereocenters. The van der Waals surface area contributed by atoms with Crippen LogP contribution in [0.25, 0.3) is 0 Å². The molecular formula is C25H33N3O4. The minimum atomic E-state index is -0.710. The van der Waals surface area contributed by atoms with Crippen molar-refractivity contribution < 1.29 is 19.1 Å². The summed E-state index contributed by atoms with van der Waals surface area (Å²) >= 11 is 0.